The maximum atomic E-state index is 13.5. The minimum Gasteiger partial charge on any atom is -0.375 e. The predicted octanol–water partition coefficient (Wildman–Crippen LogP) is 6.24. The van der Waals surface area contributed by atoms with Gasteiger partial charge < -0.3 is 10.6 Å². The van der Waals surface area contributed by atoms with Crippen LogP contribution < -0.4 is 10.6 Å². The van der Waals surface area contributed by atoms with Gasteiger partial charge in [-0.3, -0.25) is 4.79 Å². The van der Waals surface area contributed by atoms with E-state index in [0.29, 0.717) is 6.42 Å². The fourth-order valence-electron chi connectivity index (χ4n) is 4.51. The van der Waals surface area contributed by atoms with E-state index < -0.39 is 0 Å². The fourth-order valence-corrected chi connectivity index (χ4v) is 4.92. The first kappa shape index (κ1) is 19.0. The molecule has 3 atom stereocenters. The number of hydrogen-bond donors (Lipinski definition) is 2. The maximum Gasteiger partial charge on any atom is 0.145 e. The van der Waals surface area contributed by atoms with E-state index in [2.05, 4.69) is 71.5 Å². The lowest BCUT2D eigenvalue weighted by Gasteiger charge is -2.32. The Morgan fingerprint density at radius 2 is 1.53 bits per heavy atom. The van der Waals surface area contributed by atoms with Gasteiger partial charge >= 0.3 is 0 Å². The Labute approximate surface area is 181 Å². The monoisotopic (exact) mass is 412 g/mol. The van der Waals surface area contributed by atoms with Crippen LogP contribution in [0, 0.1) is 5.92 Å². The molecule has 2 aliphatic rings. The first-order valence-electron chi connectivity index (χ1n) is 10.3. The zero-order valence-corrected chi connectivity index (χ0v) is 17.7. The second kappa shape index (κ2) is 8.04. The number of anilines is 2. The van der Waals surface area contributed by atoms with E-state index in [-0.39, 0.29) is 23.7 Å². The number of rotatable bonds is 3. The number of nitrogens with one attached hydrogen (secondary N) is 2. The van der Waals surface area contributed by atoms with Gasteiger partial charge in [0.05, 0.1) is 23.3 Å². The molecule has 0 aromatic heterocycles. The molecule has 0 amide bonds. The molecule has 3 aromatic rings. The summed E-state index contributed by atoms with van der Waals surface area (Å²) in [5, 5.41) is 7.25. The molecular formula is C26H24N2OS. The van der Waals surface area contributed by atoms with Gasteiger partial charge in [0.15, 0.2) is 0 Å². The van der Waals surface area contributed by atoms with Crippen LogP contribution in [0.4, 0.5) is 11.4 Å². The van der Waals surface area contributed by atoms with Crippen LogP contribution in [0.1, 0.15) is 29.5 Å². The SMILES string of the molecule is CSc1ccc(C2Nc3ccccc3NC3=CC(c4ccccc4)CC(=O)C32)cc1. The van der Waals surface area contributed by atoms with Crippen LogP contribution in [-0.2, 0) is 4.79 Å². The number of carbonyl (C=O) groups is 1. The molecule has 5 rings (SSSR count). The van der Waals surface area contributed by atoms with E-state index in [1.54, 1.807) is 11.8 Å². The number of Topliss-reactive ketones (excluding diaryl/α,β-unsaturated/α-hetero) is 1. The van der Waals surface area contributed by atoms with Gasteiger partial charge in [0.1, 0.15) is 5.78 Å². The normalized spacial score (nSPS) is 22.6. The number of fused-ring (bicyclic) bond motifs is 2. The molecule has 1 aliphatic heterocycles. The summed E-state index contributed by atoms with van der Waals surface area (Å²) in [5.74, 6) is 0.132. The van der Waals surface area contributed by atoms with Gasteiger partial charge in [-0.05, 0) is 41.6 Å². The second-order valence-electron chi connectivity index (χ2n) is 7.85. The second-order valence-corrected chi connectivity index (χ2v) is 8.73. The van der Waals surface area contributed by atoms with Gasteiger partial charge in [-0.25, -0.2) is 0 Å². The van der Waals surface area contributed by atoms with Crippen LogP contribution in [-0.4, -0.2) is 12.0 Å². The molecule has 0 spiro atoms. The molecule has 0 saturated heterocycles. The lowest BCUT2D eigenvalue weighted by atomic mass is 9.76. The molecule has 3 nitrogen and oxygen atoms in total. The number of carbonyl (C=O) groups excluding carboxylic acids is 1. The number of hydrogen-bond acceptors (Lipinski definition) is 4. The standard InChI is InChI=1S/C26H24N2OS/c1-30-20-13-11-18(12-14-20)26-25-23(27-21-9-5-6-10-22(21)28-26)15-19(16-24(25)29)17-7-3-2-4-8-17/h2-15,19,25-28H,16H2,1H3. The van der Waals surface area contributed by atoms with Crippen LogP contribution in [0.5, 0.6) is 0 Å². The fraction of sp³-hybridized carbons (Fsp3) is 0.192. The molecule has 0 fully saturated rings. The first-order chi connectivity index (χ1) is 14.7. The summed E-state index contributed by atoms with van der Waals surface area (Å²) in [6.45, 7) is 0. The topological polar surface area (TPSA) is 41.1 Å². The molecule has 1 aliphatic carbocycles. The molecule has 30 heavy (non-hydrogen) atoms. The number of para-hydroxylation sites is 2. The summed E-state index contributed by atoms with van der Waals surface area (Å²) < 4.78 is 0. The van der Waals surface area contributed by atoms with Gasteiger partial charge in [-0.15, -0.1) is 11.8 Å². The van der Waals surface area contributed by atoms with Crippen LogP contribution in [0.15, 0.2) is 95.5 Å². The van der Waals surface area contributed by atoms with Crippen LogP contribution in [0.2, 0.25) is 0 Å². The average molecular weight is 413 g/mol. The Hall–Kier alpha value is -2.98. The minimum atomic E-state index is -0.238. The van der Waals surface area contributed by atoms with Gasteiger partial charge in [0.2, 0.25) is 0 Å². The van der Waals surface area contributed by atoms with Crippen LogP contribution in [0.3, 0.4) is 0 Å². The molecule has 3 unspecified atom stereocenters. The van der Waals surface area contributed by atoms with Crippen molar-refractivity contribution in [1.29, 1.82) is 0 Å². The highest BCUT2D eigenvalue weighted by Gasteiger charge is 2.39. The van der Waals surface area contributed by atoms with Crippen molar-refractivity contribution in [3.05, 3.63) is 102 Å². The first-order valence-corrected chi connectivity index (χ1v) is 11.5. The van der Waals surface area contributed by atoms with Crippen molar-refractivity contribution in [1.82, 2.24) is 0 Å². The van der Waals surface area contributed by atoms with Gasteiger partial charge in [-0.2, -0.15) is 0 Å². The number of ketones is 1. The largest absolute Gasteiger partial charge is 0.375 e. The van der Waals surface area contributed by atoms with Crippen molar-refractivity contribution in [2.75, 3.05) is 16.9 Å². The average Bonchev–Trinajstić information content (AvgIpc) is 2.96. The Kier molecular flexibility index (Phi) is 5.09. The lowest BCUT2D eigenvalue weighted by molar-refractivity contribution is -0.122. The Bertz CT molecular complexity index is 1090. The number of thioether (sulfide) groups is 1. The molecular weight excluding hydrogens is 388 g/mol. The zero-order chi connectivity index (χ0) is 20.5. The molecule has 0 saturated carbocycles. The highest BCUT2D eigenvalue weighted by molar-refractivity contribution is 7.98. The zero-order valence-electron chi connectivity index (χ0n) is 16.8. The summed E-state index contributed by atoms with van der Waals surface area (Å²) >= 11 is 1.73. The minimum absolute atomic E-state index is 0.0993. The number of benzene rings is 3. The van der Waals surface area contributed by atoms with Crippen molar-refractivity contribution in [3.8, 4) is 0 Å². The molecule has 4 heteroatoms. The summed E-state index contributed by atoms with van der Waals surface area (Å²) in [6, 6.07) is 27.0. The van der Waals surface area contributed by atoms with E-state index in [9.17, 15) is 4.79 Å². The van der Waals surface area contributed by atoms with Crippen molar-refractivity contribution in [3.63, 3.8) is 0 Å². The third-order valence-corrected chi connectivity index (χ3v) is 6.78. The molecule has 0 radical (unpaired) electrons. The summed E-state index contributed by atoms with van der Waals surface area (Å²) in [7, 11) is 0. The molecule has 150 valence electrons. The van der Waals surface area contributed by atoms with Crippen molar-refractivity contribution in [2.24, 2.45) is 5.92 Å². The smallest absolute Gasteiger partial charge is 0.145 e. The van der Waals surface area contributed by atoms with Crippen molar-refractivity contribution in [2.45, 2.75) is 23.3 Å². The molecule has 0 bridgehead atoms. The predicted molar refractivity (Wildman–Crippen MR) is 125 cm³/mol. The highest BCUT2D eigenvalue weighted by Crippen LogP contribution is 2.44. The third-order valence-electron chi connectivity index (χ3n) is 6.04. The van der Waals surface area contributed by atoms with Gasteiger partial charge in [-0.1, -0.05) is 60.7 Å². The summed E-state index contributed by atoms with van der Waals surface area (Å²) in [5.41, 5.74) is 5.35. The maximum absolute atomic E-state index is 13.5. The Morgan fingerprint density at radius 1 is 0.833 bits per heavy atom. The van der Waals surface area contributed by atoms with E-state index in [1.165, 1.54) is 10.5 Å². The van der Waals surface area contributed by atoms with E-state index in [0.717, 1.165) is 22.6 Å². The van der Waals surface area contributed by atoms with E-state index in [1.807, 2.05) is 30.3 Å². The van der Waals surface area contributed by atoms with Crippen molar-refractivity contribution < 1.29 is 4.79 Å². The third kappa shape index (κ3) is 3.52. The van der Waals surface area contributed by atoms with Crippen LogP contribution in [0.25, 0.3) is 0 Å². The molecule has 2 N–H and O–H groups in total. The molecule has 1 heterocycles. The summed E-state index contributed by atoms with van der Waals surface area (Å²) in [6.07, 6.45) is 4.86. The lowest BCUT2D eigenvalue weighted by Crippen LogP contribution is -2.33. The molecule has 3 aromatic carbocycles. The quantitative estimate of drug-likeness (QED) is 0.499. The van der Waals surface area contributed by atoms with E-state index in [4.69, 9.17) is 0 Å². The highest BCUT2D eigenvalue weighted by atomic mass is 32.2. The van der Waals surface area contributed by atoms with E-state index >= 15 is 0 Å². The number of allylic oxidation sites excluding steroid dienone is 1. The van der Waals surface area contributed by atoms with Crippen molar-refractivity contribution >= 4 is 28.9 Å². The Balaban J connectivity index is 1.60. The van der Waals surface area contributed by atoms with Gasteiger partial charge in [0.25, 0.3) is 0 Å². The Morgan fingerprint density at radius 3 is 2.27 bits per heavy atom. The summed E-state index contributed by atoms with van der Waals surface area (Å²) in [4.78, 5) is 14.7. The van der Waals surface area contributed by atoms with Gasteiger partial charge in [0, 0.05) is 22.9 Å². The van der Waals surface area contributed by atoms with Crippen LogP contribution >= 0.6 is 11.8 Å².